The maximum absolute atomic E-state index is 11.4. The van der Waals surface area contributed by atoms with E-state index in [9.17, 15) is 9.59 Å². The highest BCUT2D eigenvalue weighted by atomic mass is 16.5. The zero-order valence-electron chi connectivity index (χ0n) is 6.84. The van der Waals surface area contributed by atoms with Crippen molar-refractivity contribution in [2.75, 3.05) is 0 Å². The zero-order valence-corrected chi connectivity index (χ0v) is 6.84. The van der Waals surface area contributed by atoms with Crippen LogP contribution in [-0.2, 0) is 14.3 Å². The maximum Gasteiger partial charge on any atom is 0.259 e. The lowest BCUT2D eigenvalue weighted by Crippen LogP contribution is -2.30. The molecule has 2 bridgehead atoms. The molecule has 0 radical (unpaired) electrons. The van der Waals surface area contributed by atoms with Crippen molar-refractivity contribution >= 4 is 11.8 Å². The summed E-state index contributed by atoms with van der Waals surface area (Å²) in [5, 5.41) is 9.38. The van der Waals surface area contributed by atoms with Crippen molar-refractivity contribution in [2.45, 2.75) is 25.0 Å². The molecule has 70 valence electrons. The van der Waals surface area contributed by atoms with Gasteiger partial charge >= 0.3 is 0 Å². The average molecular weight is 183 g/mol. The van der Waals surface area contributed by atoms with E-state index in [0.29, 0.717) is 0 Å². The summed E-state index contributed by atoms with van der Waals surface area (Å²) in [7, 11) is 0. The fourth-order valence-corrected chi connectivity index (χ4v) is 2.70. The number of rotatable bonds is 0. The molecule has 3 rings (SSSR count). The zero-order chi connectivity index (χ0) is 9.16. The van der Waals surface area contributed by atoms with E-state index in [-0.39, 0.29) is 17.3 Å². The number of amides is 2. The third-order valence-corrected chi connectivity index (χ3v) is 3.26. The van der Waals surface area contributed by atoms with Crippen LogP contribution in [0.25, 0.3) is 0 Å². The number of hydrogen-bond donors (Lipinski definition) is 1. The third-order valence-electron chi connectivity index (χ3n) is 3.26. The van der Waals surface area contributed by atoms with Crippen LogP contribution < -0.4 is 0 Å². The van der Waals surface area contributed by atoms with Crippen molar-refractivity contribution in [1.29, 1.82) is 0 Å². The highest BCUT2D eigenvalue weighted by Crippen LogP contribution is 2.47. The highest BCUT2D eigenvalue weighted by Gasteiger charge is 2.62. The normalized spacial score (nSPS) is 47.6. The van der Waals surface area contributed by atoms with Gasteiger partial charge in [0.15, 0.2) is 0 Å². The first-order valence-electron chi connectivity index (χ1n) is 4.42. The molecule has 5 nitrogen and oxygen atoms in total. The molecule has 1 N–H and O–H groups in total. The Morgan fingerprint density at radius 1 is 1.15 bits per heavy atom. The van der Waals surface area contributed by atoms with Crippen LogP contribution >= 0.6 is 0 Å². The molecule has 0 saturated carbocycles. The molecule has 2 unspecified atom stereocenters. The number of ether oxygens (including phenoxy) is 1. The molecule has 3 aliphatic rings. The van der Waals surface area contributed by atoms with Crippen LogP contribution in [0.2, 0.25) is 0 Å². The Morgan fingerprint density at radius 3 is 2.08 bits per heavy atom. The van der Waals surface area contributed by atoms with Gasteiger partial charge in [-0.15, -0.1) is 0 Å². The summed E-state index contributed by atoms with van der Waals surface area (Å²) in [6.45, 7) is 0. The molecule has 0 aromatic carbocycles. The number of hydroxylamine groups is 2. The predicted octanol–water partition coefficient (Wildman–Crippen LogP) is -0.462. The molecule has 3 fully saturated rings. The summed E-state index contributed by atoms with van der Waals surface area (Å²) in [6, 6.07) is 0. The molecule has 5 heteroatoms. The number of carbonyl (C=O) groups excluding carboxylic acids is 2. The number of carbonyl (C=O) groups is 2. The minimum Gasteiger partial charge on any atom is -0.373 e. The molecule has 3 saturated heterocycles. The fourth-order valence-electron chi connectivity index (χ4n) is 2.70. The number of imide groups is 1. The Bertz CT molecular complexity index is 275. The molecule has 0 aromatic heterocycles. The van der Waals surface area contributed by atoms with Crippen LogP contribution in [0, 0.1) is 11.8 Å². The molecule has 3 aliphatic heterocycles. The summed E-state index contributed by atoms with van der Waals surface area (Å²) in [5.74, 6) is -1.78. The largest absolute Gasteiger partial charge is 0.373 e. The lowest BCUT2D eigenvalue weighted by atomic mass is 9.81. The van der Waals surface area contributed by atoms with E-state index in [1.807, 2.05) is 0 Å². The quantitative estimate of drug-likeness (QED) is 0.407. The Balaban J connectivity index is 2.03. The first-order chi connectivity index (χ1) is 6.20. The minimum absolute atomic E-state index is 0.136. The smallest absolute Gasteiger partial charge is 0.259 e. The molecular formula is C8H9NO4. The van der Waals surface area contributed by atoms with Gasteiger partial charge in [-0.05, 0) is 12.8 Å². The summed E-state index contributed by atoms with van der Waals surface area (Å²) in [6.07, 6.45) is 1.39. The molecule has 0 spiro atoms. The van der Waals surface area contributed by atoms with Gasteiger partial charge < -0.3 is 4.74 Å². The van der Waals surface area contributed by atoms with Gasteiger partial charge in [-0.25, -0.2) is 0 Å². The van der Waals surface area contributed by atoms with E-state index in [4.69, 9.17) is 9.94 Å². The maximum atomic E-state index is 11.4. The second-order valence-electron chi connectivity index (χ2n) is 3.83. The molecule has 13 heavy (non-hydrogen) atoms. The van der Waals surface area contributed by atoms with Crippen molar-refractivity contribution in [3.8, 4) is 0 Å². The number of nitrogens with zero attached hydrogens (tertiary/aromatic N) is 1. The predicted molar refractivity (Wildman–Crippen MR) is 38.5 cm³/mol. The van der Waals surface area contributed by atoms with Crippen molar-refractivity contribution < 1.29 is 19.5 Å². The second-order valence-corrected chi connectivity index (χ2v) is 3.83. The number of hydrogen-bond acceptors (Lipinski definition) is 4. The lowest BCUT2D eigenvalue weighted by Gasteiger charge is -2.14. The topological polar surface area (TPSA) is 66.8 Å². The van der Waals surface area contributed by atoms with Gasteiger partial charge in [-0.2, -0.15) is 5.06 Å². The Kier molecular flexibility index (Phi) is 1.21. The standard InChI is InChI=1S/C8H9NO4/c10-7-5-3-1-2-4(13-3)6(5)8(11)9(7)12/h3-6,12H,1-2H2/t3-,4+,5?,6?. The van der Waals surface area contributed by atoms with E-state index in [1.165, 1.54) is 0 Å². The van der Waals surface area contributed by atoms with Gasteiger partial charge in [-0.3, -0.25) is 14.8 Å². The minimum atomic E-state index is -0.484. The number of fused-ring (bicyclic) bond motifs is 5. The Labute approximate surface area is 74.2 Å². The summed E-state index contributed by atoms with van der Waals surface area (Å²) in [5.41, 5.74) is 0. The van der Waals surface area contributed by atoms with E-state index < -0.39 is 23.7 Å². The summed E-state index contributed by atoms with van der Waals surface area (Å²) >= 11 is 0. The molecule has 0 aliphatic carbocycles. The fraction of sp³-hybridized carbons (Fsp3) is 0.750. The van der Waals surface area contributed by atoms with Gasteiger partial charge in [0.25, 0.3) is 11.8 Å². The van der Waals surface area contributed by atoms with Gasteiger partial charge in [0.2, 0.25) is 0 Å². The van der Waals surface area contributed by atoms with Crippen molar-refractivity contribution in [3.63, 3.8) is 0 Å². The second kappa shape index (κ2) is 2.10. The molecule has 0 aromatic rings. The SMILES string of the molecule is O=C1C2C(C(=O)N1O)[C@H]1CC[C@@H]2O1. The van der Waals surface area contributed by atoms with Gasteiger partial charge in [0.05, 0.1) is 24.0 Å². The first-order valence-corrected chi connectivity index (χ1v) is 4.42. The summed E-state index contributed by atoms with van der Waals surface area (Å²) < 4.78 is 5.45. The lowest BCUT2D eigenvalue weighted by molar-refractivity contribution is -0.175. The van der Waals surface area contributed by atoms with Crippen molar-refractivity contribution in [1.82, 2.24) is 5.06 Å². The third kappa shape index (κ3) is 0.698. The molecule has 2 amide bonds. The van der Waals surface area contributed by atoms with Crippen molar-refractivity contribution in [3.05, 3.63) is 0 Å². The van der Waals surface area contributed by atoms with Gasteiger partial charge in [0, 0.05) is 0 Å². The van der Waals surface area contributed by atoms with Crippen LogP contribution in [0.5, 0.6) is 0 Å². The van der Waals surface area contributed by atoms with E-state index in [1.54, 1.807) is 0 Å². The molecule has 3 heterocycles. The average Bonchev–Trinajstić information content (AvgIpc) is 2.76. The van der Waals surface area contributed by atoms with E-state index in [0.717, 1.165) is 12.8 Å². The monoisotopic (exact) mass is 183 g/mol. The van der Waals surface area contributed by atoms with E-state index >= 15 is 0 Å². The van der Waals surface area contributed by atoms with Crippen LogP contribution in [0.15, 0.2) is 0 Å². The molecular weight excluding hydrogens is 174 g/mol. The van der Waals surface area contributed by atoms with Crippen molar-refractivity contribution in [2.24, 2.45) is 11.8 Å². The molecule has 4 atom stereocenters. The van der Waals surface area contributed by atoms with Crippen LogP contribution in [0.4, 0.5) is 0 Å². The summed E-state index contributed by atoms with van der Waals surface area (Å²) in [4.78, 5) is 22.7. The van der Waals surface area contributed by atoms with E-state index in [2.05, 4.69) is 0 Å². The van der Waals surface area contributed by atoms with Crippen LogP contribution in [0.1, 0.15) is 12.8 Å². The Hall–Kier alpha value is -0.940. The highest BCUT2D eigenvalue weighted by molar-refractivity contribution is 6.04. The first kappa shape index (κ1) is 7.46. The van der Waals surface area contributed by atoms with Gasteiger partial charge in [0.1, 0.15) is 0 Å². The van der Waals surface area contributed by atoms with Crippen LogP contribution in [0.3, 0.4) is 0 Å². The van der Waals surface area contributed by atoms with Gasteiger partial charge in [-0.1, -0.05) is 0 Å². The Morgan fingerprint density at radius 2 is 1.62 bits per heavy atom. The van der Waals surface area contributed by atoms with Crippen LogP contribution in [-0.4, -0.2) is 34.3 Å².